The minimum absolute atomic E-state index is 0.118. The maximum atomic E-state index is 12.2. The first-order valence-electron chi connectivity index (χ1n) is 10.9. The van der Waals surface area contributed by atoms with Gasteiger partial charge in [-0.1, -0.05) is 84.6 Å². The molecule has 1 unspecified atom stereocenters. The van der Waals surface area contributed by atoms with Crippen LogP contribution in [0.1, 0.15) is 97.3 Å². The molecule has 3 nitrogen and oxygen atoms in total. The monoisotopic (exact) mass is 350 g/mol. The number of nitrogens with one attached hydrogen (secondary N) is 1. The van der Waals surface area contributed by atoms with E-state index in [1.165, 1.54) is 64.2 Å². The Morgan fingerprint density at radius 1 is 0.960 bits per heavy atom. The highest BCUT2D eigenvalue weighted by Gasteiger charge is 2.29. The summed E-state index contributed by atoms with van der Waals surface area (Å²) in [5.41, 5.74) is 1.16. The van der Waals surface area contributed by atoms with Crippen LogP contribution < -0.4 is 5.32 Å². The van der Waals surface area contributed by atoms with Gasteiger partial charge in [0.1, 0.15) is 0 Å². The van der Waals surface area contributed by atoms with Crippen molar-refractivity contribution in [3.63, 3.8) is 0 Å². The van der Waals surface area contributed by atoms with Gasteiger partial charge in [0.15, 0.2) is 0 Å². The van der Waals surface area contributed by atoms with Crippen LogP contribution in [0.15, 0.2) is 12.3 Å². The molecule has 1 aliphatic rings. The maximum absolute atomic E-state index is 12.2. The number of amides is 1. The Morgan fingerprint density at radius 3 is 2.12 bits per heavy atom. The van der Waals surface area contributed by atoms with E-state index in [0.717, 1.165) is 44.6 Å². The van der Waals surface area contributed by atoms with Gasteiger partial charge in [-0.05, 0) is 19.3 Å². The molecule has 0 aromatic carbocycles. The van der Waals surface area contributed by atoms with Crippen LogP contribution >= 0.6 is 0 Å². The molecule has 1 heterocycles. The Labute approximate surface area is 156 Å². The topological polar surface area (TPSA) is 32.3 Å². The van der Waals surface area contributed by atoms with E-state index >= 15 is 0 Å². The van der Waals surface area contributed by atoms with Crippen LogP contribution in [0, 0.1) is 5.92 Å². The van der Waals surface area contributed by atoms with Crippen LogP contribution in [0.25, 0.3) is 0 Å². The molecular formula is C22H42N2O. The zero-order valence-electron chi connectivity index (χ0n) is 17.0. The lowest BCUT2D eigenvalue weighted by Crippen LogP contribution is -2.33. The van der Waals surface area contributed by atoms with Crippen molar-refractivity contribution in [3.05, 3.63) is 12.3 Å². The van der Waals surface area contributed by atoms with Crippen LogP contribution in [0.2, 0.25) is 0 Å². The molecule has 1 N–H and O–H groups in total. The lowest BCUT2D eigenvalue weighted by atomic mass is 10.1. The van der Waals surface area contributed by atoms with Crippen LogP contribution in [0.5, 0.6) is 0 Å². The molecule has 0 saturated carbocycles. The minimum Gasteiger partial charge on any atom is -0.374 e. The van der Waals surface area contributed by atoms with Crippen LogP contribution in [0.3, 0.4) is 0 Å². The summed E-state index contributed by atoms with van der Waals surface area (Å²) in [6, 6.07) is 0. The second kappa shape index (κ2) is 14.2. The highest BCUT2D eigenvalue weighted by molar-refractivity contribution is 5.79. The van der Waals surface area contributed by atoms with E-state index < -0.39 is 0 Å². The van der Waals surface area contributed by atoms with Crippen LogP contribution in [-0.4, -0.2) is 30.4 Å². The van der Waals surface area contributed by atoms with Crippen molar-refractivity contribution in [1.29, 1.82) is 0 Å². The molecule has 0 bridgehead atoms. The SMILES string of the molecule is C=C1CC(C(=O)NCCCC)CN1CCCCCCCCCCCC. The zero-order valence-corrected chi connectivity index (χ0v) is 17.0. The summed E-state index contributed by atoms with van der Waals surface area (Å²) in [6.45, 7) is 11.4. The van der Waals surface area contributed by atoms with Crippen molar-refractivity contribution in [3.8, 4) is 0 Å². The molecule has 146 valence electrons. The average Bonchev–Trinajstić information content (AvgIpc) is 2.98. The fourth-order valence-electron chi connectivity index (χ4n) is 3.62. The zero-order chi connectivity index (χ0) is 18.3. The Balaban J connectivity index is 2.02. The quantitative estimate of drug-likeness (QED) is 0.387. The first-order valence-corrected chi connectivity index (χ1v) is 10.9. The minimum atomic E-state index is 0.118. The number of likely N-dealkylation sites (tertiary alicyclic amines) is 1. The molecular weight excluding hydrogens is 308 g/mol. The summed E-state index contributed by atoms with van der Waals surface area (Å²) in [5.74, 6) is 0.340. The molecule has 1 amide bonds. The van der Waals surface area contributed by atoms with Gasteiger partial charge in [0.05, 0.1) is 5.92 Å². The number of hydrogen-bond donors (Lipinski definition) is 1. The predicted molar refractivity (Wildman–Crippen MR) is 109 cm³/mol. The first kappa shape index (κ1) is 22.1. The highest BCUT2D eigenvalue weighted by atomic mass is 16.1. The van der Waals surface area contributed by atoms with Gasteiger partial charge in [-0.15, -0.1) is 0 Å². The second-order valence-corrected chi connectivity index (χ2v) is 7.74. The van der Waals surface area contributed by atoms with Crippen molar-refractivity contribution in [1.82, 2.24) is 10.2 Å². The van der Waals surface area contributed by atoms with Gasteiger partial charge in [-0.25, -0.2) is 0 Å². The third-order valence-corrected chi connectivity index (χ3v) is 5.35. The standard InChI is InChI=1S/C22H42N2O/c1-4-6-8-9-10-11-12-13-14-15-17-24-19-21(18-20(24)3)22(25)23-16-7-5-2/h21H,3-19H2,1-2H3,(H,23,25). The summed E-state index contributed by atoms with van der Waals surface area (Å²) in [6.07, 6.45) is 16.7. The van der Waals surface area contributed by atoms with Crippen molar-refractivity contribution < 1.29 is 4.79 Å². The number of rotatable bonds is 15. The molecule has 3 heteroatoms. The van der Waals surface area contributed by atoms with E-state index in [-0.39, 0.29) is 11.8 Å². The van der Waals surface area contributed by atoms with Gasteiger partial charge < -0.3 is 10.2 Å². The molecule has 1 saturated heterocycles. The number of carbonyl (C=O) groups excluding carboxylic acids is 1. The van der Waals surface area contributed by atoms with Gasteiger partial charge in [0.2, 0.25) is 5.91 Å². The average molecular weight is 351 g/mol. The highest BCUT2D eigenvalue weighted by Crippen LogP contribution is 2.25. The molecule has 0 spiro atoms. The predicted octanol–water partition coefficient (Wildman–Crippen LogP) is 5.66. The molecule has 1 rings (SSSR count). The van der Waals surface area contributed by atoms with Crippen LogP contribution in [0.4, 0.5) is 0 Å². The number of hydrogen-bond acceptors (Lipinski definition) is 2. The molecule has 1 atom stereocenters. The number of carbonyl (C=O) groups is 1. The fourth-order valence-corrected chi connectivity index (χ4v) is 3.62. The first-order chi connectivity index (χ1) is 12.2. The Hall–Kier alpha value is -0.990. The van der Waals surface area contributed by atoms with E-state index in [1.807, 2.05) is 0 Å². The molecule has 0 radical (unpaired) electrons. The van der Waals surface area contributed by atoms with E-state index in [1.54, 1.807) is 0 Å². The smallest absolute Gasteiger partial charge is 0.225 e. The van der Waals surface area contributed by atoms with E-state index in [4.69, 9.17) is 0 Å². The lowest BCUT2D eigenvalue weighted by Gasteiger charge is -2.19. The largest absolute Gasteiger partial charge is 0.374 e. The summed E-state index contributed by atoms with van der Waals surface area (Å²) >= 11 is 0. The molecule has 25 heavy (non-hydrogen) atoms. The van der Waals surface area contributed by atoms with Gasteiger partial charge in [-0.2, -0.15) is 0 Å². The van der Waals surface area contributed by atoms with Gasteiger partial charge in [-0.3, -0.25) is 4.79 Å². The van der Waals surface area contributed by atoms with Crippen molar-refractivity contribution in [2.24, 2.45) is 5.92 Å². The number of nitrogens with zero attached hydrogens (tertiary/aromatic N) is 1. The normalized spacial score (nSPS) is 17.3. The number of allylic oxidation sites excluding steroid dienone is 1. The summed E-state index contributed by atoms with van der Waals surface area (Å²) in [7, 11) is 0. The van der Waals surface area contributed by atoms with Crippen LogP contribution in [-0.2, 0) is 4.79 Å². The fraction of sp³-hybridized carbons (Fsp3) is 0.864. The van der Waals surface area contributed by atoms with E-state index in [9.17, 15) is 4.79 Å². The summed E-state index contributed by atoms with van der Waals surface area (Å²) < 4.78 is 0. The summed E-state index contributed by atoms with van der Waals surface area (Å²) in [4.78, 5) is 14.5. The maximum Gasteiger partial charge on any atom is 0.225 e. The third-order valence-electron chi connectivity index (χ3n) is 5.35. The molecule has 0 aromatic heterocycles. The Morgan fingerprint density at radius 2 is 1.52 bits per heavy atom. The van der Waals surface area contributed by atoms with Crippen molar-refractivity contribution >= 4 is 5.91 Å². The molecule has 1 fully saturated rings. The Kier molecular flexibility index (Phi) is 12.5. The second-order valence-electron chi connectivity index (χ2n) is 7.74. The van der Waals surface area contributed by atoms with Crippen molar-refractivity contribution in [2.45, 2.75) is 97.3 Å². The van der Waals surface area contributed by atoms with Gasteiger partial charge in [0.25, 0.3) is 0 Å². The molecule has 1 aliphatic heterocycles. The van der Waals surface area contributed by atoms with E-state index in [2.05, 4.69) is 30.6 Å². The Bertz CT molecular complexity index is 367. The molecule has 0 aliphatic carbocycles. The summed E-state index contributed by atoms with van der Waals surface area (Å²) in [5, 5.41) is 3.07. The van der Waals surface area contributed by atoms with Crippen molar-refractivity contribution in [2.75, 3.05) is 19.6 Å². The van der Waals surface area contributed by atoms with Gasteiger partial charge in [0, 0.05) is 25.3 Å². The third kappa shape index (κ3) is 9.91. The molecule has 0 aromatic rings. The van der Waals surface area contributed by atoms with E-state index in [0.29, 0.717) is 0 Å². The lowest BCUT2D eigenvalue weighted by molar-refractivity contribution is -0.124. The number of unbranched alkanes of at least 4 members (excludes halogenated alkanes) is 10. The van der Waals surface area contributed by atoms with Gasteiger partial charge >= 0.3 is 0 Å².